The number of ether oxygens (including phenoxy) is 1. The number of nitrogens with zero attached hydrogens (tertiary/aromatic N) is 1. The van der Waals surface area contributed by atoms with E-state index in [1.807, 2.05) is 12.1 Å². The summed E-state index contributed by atoms with van der Waals surface area (Å²) in [6, 6.07) is 7.39. The standard InChI is InChI=1S/C14H20F2N2O.ClH/c1-10-6-11(7-17)8-18(10)9-12-4-2-3-5-13(12)19-14(15)16;/h2-5,10-11,14H,6-9,17H2,1H3;1H. The number of likely N-dealkylation sites (tertiary alicyclic amines) is 1. The second-order valence-corrected chi connectivity index (χ2v) is 5.10. The molecule has 0 radical (unpaired) electrons. The van der Waals surface area contributed by atoms with Gasteiger partial charge in [0, 0.05) is 24.7 Å². The van der Waals surface area contributed by atoms with Gasteiger partial charge in [0.25, 0.3) is 0 Å². The first-order valence-corrected chi connectivity index (χ1v) is 6.57. The summed E-state index contributed by atoms with van der Waals surface area (Å²) in [6.07, 6.45) is 1.06. The second kappa shape index (κ2) is 7.76. The molecule has 1 aliphatic heterocycles. The molecule has 0 aliphatic carbocycles. The van der Waals surface area contributed by atoms with Crippen molar-refractivity contribution in [2.75, 3.05) is 13.1 Å². The largest absolute Gasteiger partial charge is 0.434 e. The second-order valence-electron chi connectivity index (χ2n) is 5.10. The number of hydrogen-bond donors (Lipinski definition) is 1. The van der Waals surface area contributed by atoms with Crippen molar-refractivity contribution in [3.8, 4) is 5.75 Å². The van der Waals surface area contributed by atoms with E-state index in [2.05, 4.69) is 16.6 Å². The number of hydrogen-bond acceptors (Lipinski definition) is 3. The first-order chi connectivity index (χ1) is 9.10. The summed E-state index contributed by atoms with van der Waals surface area (Å²) < 4.78 is 29.3. The maximum atomic E-state index is 12.4. The minimum Gasteiger partial charge on any atom is -0.434 e. The summed E-state index contributed by atoms with van der Waals surface area (Å²) in [4.78, 5) is 2.27. The SMILES string of the molecule is CC1CC(CN)CN1Cc1ccccc1OC(F)F.Cl. The fourth-order valence-corrected chi connectivity index (χ4v) is 2.67. The highest BCUT2D eigenvalue weighted by molar-refractivity contribution is 5.85. The number of rotatable bonds is 5. The molecule has 0 amide bonds. The zero-order valence-electron chi connectivity index (χ0n) is 11.5. The number of para-hydroxylation sites is 1. The Labute approximate surface area is 124 Å². The van der Waals surface area contributed by atoms with Crippen molar-refractivity contribution in [3.05, 3.63) is 29.8 Å². The predicted octanol–water partition coefficient (Wildman–Crippen LogP) is 2.88. The molecule has 114 valence electrons. The summed E-state index contributed by atoms with van der Waals surface area (Å²) in [5.41, 5.74) is 6.50. The maximum Gasteiger partial charge on any atom is 0.387 e. The van der Waals surface area contributed by atoms with Crippen LogP contribution in [0.1, 0.15) is 18.9 Å². The van der Waals surface area contributed by atoms with Crippen LogP contribution in [0.5, 0.6) is 5.75 Å². The van der Waals surface area contributed by atoms with Gasteiger partial charge in [-0.1, -0.05) is 18.2 Å². The molecule has 3 nitrogen and oxygen atoms in total. The Kier molecular flexibility index (Phi) is 6.65. The lowest BCUT2D eigenvalue weighted by molar-refractivity contribution is -0.0508. The fourth-order valence-electron chi connectivity index (χ4n) is 2.67. The van der Waals surface area contributed by atoms with Crippen LogP contribution >= 0.6 is 12.4 Å². The average molecular weight is 307 g/mol. The van der Waals surface area contributed by atoms with Gasteiger partial charge in [0.05, 0.1) is 0 Å². The molecule has 2 atom stereocenters. The number of halogens is 3. The summed E-state index contributed by atoms with van der Waals surface area (Å²) in [7, 11) is 0. The topological polar surface area (TPSA) is 38.5 Å². The monoisotopic (exact) mass is 306 g/mol. The fraction of sp³-hybridized carbons (Fsp3) is 0.571. The van der Waals surface area contributed by atoms with Crippen molar-refractivity contribution in [2.24, 2.45) is 11.7 Å². The molecule has 1 aliphatic rings. The molecule has 2 unspecified atom stereocenters. The van der Waals surface area contributed by atoms with E-state index in [-0.39, 0.29) is 18.2 Å². The molecule has 1 heterocycles. The van der Waals surface area contributed by atoms with Crippen molar-refractivity contribution in [2.45, 2.75) is 32.5 Å². The van der Waals surface area contributed by atoms with Crippen molar-refractivity contribution in [1.82, 2.24) is 4.90 Å². The molecule has 2 N–H and O–H groups in total. The van der Waals surface area contributed by atoms with E-state index in [0.29, 0.717) is 25.0 Å². The third-order valence-electron chi connectivity index (χ3n) is 3.69. The lowest BCUT2D eigenvalue weighted by Crippen LogP contribution is -2.27. The van der Waals surface area contributed by atoms with Gasteiger partial charge >= 0.3 is 6.61 Å². The molecule has 0 bridgehead atoms. The molecule has 6 heteroatoms. The summed E-state index contributed by atoms with van der Waals surface area (Å²) in [5.74, 6) is 0.763. The molecule has 1 saturated heterocycles. The minimum absolute atomic E-state index is 0. The molecule has 20 heavy (non-hydrogen) atoms. The maximum absolute atomic E-state index is 12.4. The summed E-state index contributed by atoms with van der Waals surface area (Å²) in [6.45, 7) is 1.58. The normalized spacial score (nSPS) is 22.9. The lowest BCUT2D eigenvalue weighted by Gasteiger charge is -2.22. The van der Waals surface area contributed by atoms with Crippen LogP contribution < -0.4 is 10.5 Å². The van der Waals surface area contributed by atoms with Crippen molar-refractivity contribution < 1.29 is 13.5 Å². The van der Waals surface area contributed by atoms with E-state index in [1.165, 1.54) is 0 Å². The van der Waals surface area contributed by atoms with Gasteiger partial charge in [0.15, 0.2) is 0 Å². The van der Waals surface area contributed by atoms with Crippen LogP contribution in [-0.4, -0.2) is 30.6 Å². The van der Waals surface area contributed by atoms with E-state index >= 15 is 0 Å². The summed E-state index contributed by atoms with van der Waals surface area (Å²) >= 11 is 0. The van der Waals surface area contributed by atoms with Crippen LogP contribution in [0, 0.1) is 5.92 Å². The number of nitrogens with two attached hydrogens (primary N) is 1. The minimum atomic E-state index is -2.78. The van der Waals surface area contributed by atoms with E-state index in [1.54, 1.807) is 12.1 Å². The first-order valence-electron chi connectivity index (χ1n) is 6.57. The van der Waals surface area contributed by atoms with Crippen LogP contribution in [0.2, 0.25) is 0 Å². The van der Waals surface area contributed by atoms with E-state index in [0.717, 1.165) is 18.5 Å². The summed E-state index contributed by atoms with van der Waals surface area (Å²) in [5, 5.41) is 0. The van der Waals surface area contributed by atoms with E-state index in [9.17, 15) is 8.78 Å². The molecule has 2 rings (SSSR count). The van der Waals surface area contributed by atoms with Gasteiger partial charge in [0.2, 0.25) is 0 Å². The van der Waals surface area contributed by atoms with Gasteiger partial charge in [-0.3, -0.25) is 4.90 Å². The zero-order chi connectivity index (χ0) is 13.8. The molecule has 0 aromatic heterocycles. The van der Waals surface area contributed by atoms with Crippen LogP contribution in [0.4, 0.5) is 8.78 Å². The predicted molar refractivity (Wildman–Crippen MR) is 77.4 cm³/mol. The Morgan fingerprint density at radius 1 is 1.40 bits per heavy atom. The number of alkyl halides is 2. The highest BCUT2D eigenvalue weighted by Crippen LogP contribution is 2.28. The molecule has 0 spiro atoms. The van der Waals surface area contributed by atoms with E-state index in [4.69, 9.17) is 5.73 Å². The smallest absolute Gasteiger partial charge is 0.387 e. The van der Waals surface area contributed by atoms with Crippen LogP contribution in [0.3, 0.4) is 0 Å². The quantitative estimate of drug-likeness (QED) is 0.909. The zero-order valence-corrected chi connectivity index (χ0v) is 12.3. The Hall–Kier alpha value is -0.910. The van der Waals surface area contributed by atoms with Gasteiger partial charge in [-0.15, -0.1) is 12.4 Å². The number of benzene rings is 1. The molecular formula is C14H21ClF2N2O. The molecule has 0 saturated carbocycles. The molecule has 1 fully saturated rings. The molecular weight excluding hydrogens is 286 g/mol. The van der Waals surface area contributed by atoms with Crippen LogP contribution in [-0.2, 0) is 6.54 Å². The Bertz CT molecular complexity index is 420. The third kappa shape index (κ3) is 4.30. The van der Waals surface area contributed by atoms with Gasteiger partial charge in [-0.05, 0) is 31.9 Å². The van der Waals surface area contributed by atoms with Crippen molar-refractivity contribution in [1.29, 1.82) is 0 Å². The first kappa shape index (κ1) is 17.1. The average Bonchev–Trinajstić information content (AvgIpc) is 2.72. The van der Waals surface area contributed by atoms with Gasteiger partial charge in [0.1, 0.15) is 5.75 Å². The Morgan fingerprint density at radius 3 is 2.70 bits per heavy atom. The third-order valence-corrected chi connectivity index (χ3v) is 3.69. The molecule has 1 aromatic rings. The lowest BCUT2D eigenvalue weighted by atomic mass is 10.1. The van der Waals surface area contributed by atoms with Gasteiger partial charge in [-0.2, -0.15) is 8.78 Å². The Balaban J connectivity index is 0.00000200. The van der Waals surface area contributed by atoms with Gasteiger partial charge in [-0.25, -0.2) is 0 Å². The van der Waals surface area contributed by atoms with Gasteiger partial charge < -0.3 is 10.5 Å². The van der Waals surface area contributed by atoms with E-state index < -0.39 is 6.61 Å². The Morgan fingerprint density at radius 2 is 2.10 bits per heavy atom. The molecule has 1 aromatic carbocycles. The highest BCUT2D eigenvalue weighted by atomic mass is 35.5. The van der Waals surface area contributed by atoms with Crippen LogP contribution in [0.15, 0.2) is 24.3 Å². The van der Waals surface area contributed by atoms with Crippen LogP contribution in [0.25, 0.3) is 0 Å². The highest BCUT2D eigenvalue weighted by Gasteiger charge is 2.28. The van der Waals surface area contributed by atoms with Crippen molar-refractivity contribution in [3.63, 3.8) is 0 Å². The van der Waals surface area contributed by atoms with Crippen molar-refractivity contribution >= 4 is 12.4 Å².